The van der Waals surface area contributed by atoms with E-state index in [1.54, 1.807) is 6.08 Å². The summed E-state index contributed by atoms with van der Waals surface area (Å²) in [7, 11) is -3.72. The number of ether oxygens (including phenoxy) is 1. The maximum Gasteiger partial charge on any atom is 0.253 e. The molecule has 1 saturated carbocycles. The zero-order chi connectivity index (χ0) is 31.4. The van der Waals surface area contributed by atoms with E-state index in [1.807, 2.05) is 65.4 Å². The fourth-order valence-electron chi connectivity index (χ4n) is 6.66. The lowest BCUT2D eigenvalue weighted by atomic mass is 9.88. The van der Waals surface area contributed by atoms with Crippen molar-refractivity contribution in [2.45, 2.75) is 75.8 Å². The minimum Gasteiger partial charge on any atom is -0.388 e. The smallest absolute Gasteiger partial charge is 0.253 e. The largest absolute Gasteiger partial charge is 0.388 e. The normalized spacial score (nSPS) is 20.9. The Hall–Kier alpha value is -3.35. The van der Waals surface area contributed by atoms with Crippen molar-refractivity contribution in [1.82, 2.24) is 14.2 Å². The van der Waals surface area contributed by atoms with E-state index in [4.69, 9.17) is 9.73 Å². The summed E-state index contributed by atoms with van der Waals surface area (Å²) in [6, 6.07) is 17.1. The van der Waals surface area contributed by atoms with Crippen LogP contribution >= 0.6 is 0 Å². The summed E-state index contributed by atoms with van der Waals surface area (Å²) in [5.74, 6) is 1.01. The number of aliphatic imine (C=N–C) groups is 1. The van der Waals surface area contributed by atoms with Gasteiger partial charge in [0.1, 0.15) is 17.5 Å². The second-order valence-corrected chi connectivity index (χ2v) is 14.3. The van der Waals surface area contributed by atoms with Gasteiger partial charge < -0.3 is 24.8 Å². The van der Waals surface area contributed by atoms with Gasteiger partial charge in [-0.1, -0.05) is 61.7 Å². The van der Waals surface area contributed by atoms with Crippen molar-refractivity contribution < 1.29 is 28.2 Å². The van der Waals surface area contributed by atoms with E-state index < -0.39 is 27.8 Å². The number of rotatable bonds is 11. The van der Waals surface area contributed by atoms with Crippen LogP contribution in [0.4, 0.5) is 0 Å². The number of nitrogens with one attached hydrogen (secondary N) is 1. The third-order valence-electron chi connectivity index (χ3n) is 9.40. The lowest BCUT2D eigenvalue weighted by Gasteiger charge is -2.34. The summed E-state index contributed by atoms with van der Waals surface area (Å²) in [6.07, 6.45) is 7.64. The number of sulfonamides is 1. The van der Waals surface area contributed by atoms with Crippen molar-refractivity contribution >= 4 is 38.7 Å². The van der Waals surface area contributed by atoms with E-state index in [9.17, 15) is 23.4 Å². The first-order chi connectivity index (χ1) is 21.7. The van der Waals surface area contributed by atoms with E-state index in [1.165, 1.54) is 16.1 Å². The maximum atomic E-state index is 13.3. The first kappa shape index (κ1) is 31.6. The van der Waals surface area contributed by atoms with Gasteiger partial charge in [0, 0.05) is 41.5 Å². The van der Waals surface area contributed by atoms with Crippen molar-refractivity contribution in [2.75, 3.05) is 19.7 Å². The van der Waals surface area contributed by atoms with Gasteiger partial charge in [-0.2, -0.15) is 4.31 Å². The SMILES string of the molecule is O=C1NC(C2CCCCC2)=NC12CCN(S(=O)(=O)C=Cc1cccc3c1ccn3C[C@H](O)[C@@H](O)COCc1ccccc1)CC2. The standard InChI is InChI=1S/C34H42N4O6S/c39-30(31(40)24-44-23-25-8-3-1-4-9-25)22-37-18-14-28-26(12-7-13-29(28)37)15-21-45(42,43)38-19-16-34(17-20-38)33(41)35-32(36-34)27-10-5-2-6-11-27/h1,3-4,7-9,12-15,18,21,27,30-31,39-40H,2,5-6,10-11,16-17,19-20,22-24H2,(H,35,36,41)/t30-,31-/m0/s1. The number of nitrogens with zero attached hydrogens (tertiary/aromatic N) is 3. The Kier molecular flexibility index (Phi) is 9.53. The predicted molar refractivity (Wildman–Crippen MR) is 174 cm³/mol. The topological polar surface area (TPSA) is 133 Å². The van der Waals surface area contributed by atoms with Gasteiger partial charge in [-0.25, -0.2) is 8.42 Å². The van der Waals surface area contributed by atoms with Crippen LogP contribution in [0, 0.1) is 5.92 Å². The number of piperidine rings is 1. The fourth-order valence-corrected chi connectivity index (χ4v) is 7.85. The van der Waals surface area contributed by atoms with Gasteiger partial charge >= 0.3 is 0 Å². The second kappa shape index (κ2) is 13.6. The van der Waals surface area contributed by atoms with E-state index in [0.29, 0.717) is 25.4 Å². The molecule has 0 unspecified atom stereocenters. The Morgan fingerprint density at radius 3 is 2.51 bits per heavy atom. The first-order valence-electron chi connectivity index (χ1n) is 15.9. The number of amidine groups is 1. The third-order valence-corrected chi connectivity index (χ3v) is 11.0. The van der Waals surface area contributed by atoms with Crippen LogP contribution in [-0.2, 0) is 32.7 Å². The molecule has 45 heavy (non-hydrogen) atoms. The summed E-state index contributed by atoms with van der Waals surface area (Å²) >= 11 is 0. The lowest BCUT2D eigenvalue weighted by Crippen LogP contribution is -2.50. The third kappa shape index (κ3) is 7.07. The highest BCUT2D eigenvalue weighted by molar-refractivity contribution is 7.92. The van der Waals surface area contributed by atoms with Crippen LogP contribution in [0.1, 0.15) is 56.1 Å². The molecule has 0 radical (unpaired) electrons. The van der Waals surface area contributed by atoms with Gasteiger partial charge in [-0.3, -0.25) is 9.79 Å². The van der Waals surface area contributed by atoms with E-state index in [0.717, 1.165) is 53.5 Å². The molecule has 2 aliphatic heterocycles. The van der Waals surface area contributed by atoms with Gasteiger partial charge in [0.05, 0.1) is 25.9 Å². The van der Waals surface area contributed by atoms with Crippen LogP contribution in [0.3, 0.4) is 0 Å². The molecule has 240 valence electrons. The van der Waals surface area contributed by atoms with Crippen molar-refractivity contribution in [3.05, 3.63) is 77.3 Å². The number of benzene rings is 2. The minimum atomic E-state index is -3.72. The fraction of sp³-hybridized carbons (Fsp3) is 0.471. The zero-order valence-corrected chi connectivity index (χ0v) is 26.2. The number of hydrogen-bond donors (Lipinski definition) is 3. The summed E-state index contributed by atoms with van der Waals surface area (Å²) in [4.78, 5) is 17.8. The summed E-state index contributed by atoms with van der Waals surface area (Å²) < 4.78 is 35.5. The molecule has 0 bridgehead atoms. The molecule has 2 atom stereocenters. The number of amides is 1. The van der Waals surface area contributed by atoms with E-state index in [2.05, 4.69) is 5.32 Å². The molecule has 2 aromatic carbocycles. The minimum absolute atomic E-state index is 0.00255. The number of carbonyl (C=O) groups is 1. The number of aromatic nitrogens is 1. The molecule has 1 amide bonds. The number of hydrogen-bond acceptors (Lipinski definition) is 7. The van der Waals surface area contributed by atoms with Crippen molar-refractivity contribution in [1.29, 1.82) is 0 Å². The average Bonchev–Trinajstić information content (AvgIpc) is 3.61. The molecule has 11 heteroatoms. The number of aliphatic hydroxyl groups is 2. The van der Waals surface area contributed by atoms with Crippen molar-refractivity contribution in [2.24, 2.45) is 10.9 Å². The van der Waals surface area contributed by atoms with Gasteiger partial charge in [-0.15, -0.1) is 0 Å². The van der Waals surface area contributed by atoms with Crippen molar-refractivity contribution in [3.8, 4) is 0 Å². The molecule has 2 fully saturated rings. The first-order valence-corrected chi connectivity index (χ1v) is 17.4. The van der Waals surface area contributed by atoms with Crippen LogP contribution in [0.25, 0.3) is 17.0 Å². The van der Waals surface area contributed by atoms with Gasteiger partial charge in [-0.05, 0) is 55.0 Å². The second-order valence-electron chi connectivity index (χ2n) is 12.4. The molecule has 1 saturated heterocycles. The van der Waals surface area contributed by atoms with Gasteiger partial charge in [0.15, 0.2) is 0 Å². The molecule has 1 aromatic heterocycles. The number of carbonyl (C=O) groups excluding carboxylic acids is 1. The van der Waals surface area contributed by atoms with Gasteiger partial charge in [0.25, 0.3) is 5.91 Å². The highest BCUT2D eigenvalue weighted by Gasteiger charge is 2.48. The van der Waals surface area contributed by atoms with Crippen LogP contribution in [-0.4, -0.2) is 76.7 Å². The summed E-state index contributed by atoms with van der Waals surface area (Å²) in [5, 5.41) is 26.2. The van der Waals surface area contributed by atoms with Crippen LogP contribution in [0.2, 0.25) is 0 Å². The quantitative estimate of drug-likeness (QED) is 0.294. The molecule has 10 nitrogen and oxygen atoms in total. The zero-order valence-electron chi connectivity index (χ0n) is 25.4. The predicted octanol–water partition coefficient (Wildman–Crippen LogP) is 3.82. The Bertz CT molecular complexity index is 1650. The molecule has 1 aliphatic carbocycles. The molecule has 3 heterocycles. The Labute approximate surface area is 264 Å². The highest BCUT2D eigenvalue weighted by Crippen LogP contribution is 2.35. The van der Waals surface area contributed by atoms with Crippen LogP contribution in [0.15, 0.2) is 71.2 Å². The maximum absolute atomic E-state index is 13.3. The molecule has 3 aromatic rings. The molecule has 3 aliphatic rings. The summed E-state index contributed by atoms with van der Waals surface area (Å²) in [6.45, 7) is 0.962. The number of fused-ring (bicyclic) bond motifs is 1. The molecule has 3 N–H and O–H groups in total. The molecular weight excluding hydrogens is 592 g/mol. The Morgan fingerprint density at radius 1 is 1.00 bits per heavy atom. The lowest BCUT2D eigenvalue weighted by molar-refractivity contribution is -0.125. The van der Waals surface area contributed by atoms with Crippen LogP contribution in [0.5, 0.6) is 0 Å². The van der Waals surface area contributed by atoms with Crippen molar-refractivity contribution in [3.63, 3.8) is 0 Å². The molecule has 6 rings (SSSR count). The monoisotopic (exact) mass is 634 g/mol. The Balaban J connectivity index is 1.06. The van der Waals surface area contributed by atoms with Gasteiger partial charge in [0.2, 0.25) is 10.0 Å². The average molecular weight is 635 g/mol. The summed E-state index contributed by atoms with van der Waals surface area (Å²) in [5.41, 5.74) is 1.66. The number of aliphatic hydroxyl groups excluding tert-OH is 2. The van der Waals surface area contributed by atoms with E-state index in [-0.39, 0.29) is 32.1 Å². The van der Waals surface area contributed by atoms with Crippen LogP contribution < -0.4 is 5.32 Å². The molecule has 1 spiro atoms. The van der Waals surface area contributed by atoms with E-state index >= 15 is 0 Å². The Morgan fingerprint density at radius 2 is 1.76 bits per heavy atom. The molecular formula is C34H42N4O6S. The highest BCUT2D eigenvalue weighted by atomic mass is 32.2.